The molecule has 2 N–H and O–H groups in total. The second-order valence-corrected chi connectivity index (χ2v) is 6.03. The number of rotatable bonds is 2. The topological polar surface area (TPSA) is 40.5 Å². The first-order valence-corrected chi connectivity index (χ1v) is 7.29. The molecule has 0 aliphatic heterocycles. The molecule has 1 aliphatic carbocycles. The van der Waals surface area contributed by atoms with Crippen molar-refractivity contribution in [3.8, 4) is 0 Å². The van der Waals surface area contributed by atoms with Crippen molar-refractivity contribution in [2.75, 3.05) is 0 Å². The third kappa shape index (κ3) is 2.98. The van der Waals surface area contributed by atoms with Crippen molar-refractivity contribution in [1.29, 1.82) is 0 Å². The van der Waals surface area contributed by atoms with E-state index in [9.17, 15) is 19.0 Å². The van der Waals surface area contributed by atoms with Gasteiger partial charge in [-0.25, -0.2) is 8.78 Å². The van der Waals surface area contributed by atoms with Crippen LogP contribution in [-0.2, 0) is 0 Å². The SMILES string of the molecule is OC(c1c(F)ccc(Br)c1F)C1(O)CCCCCC1. The van der Waals surface area contributed by atoms with Crippen molar-refractivity contribution in [3.05, 3.63) is 33.8 Å². The standard InChI is InChI=1S/C14H17BrF2O2/c15-9-5-6-10(16)11(12(9)17)13(18)14(19)7-3-1-2-4-8-14/h5-6,13,18-19H,1-4,7-8H2. The predicted octanol–water partition coefficient (Wildman–Crippen LogP) is 3.85. The molecule has 0 radical (unpaired) electrons. The van der Waals surface area contributed by atoms with Crippen LogP contribution in [0.2, 0.25) is 0 Å². The lowest BCUT2D eigenvalue weighted by Gasteiger charge is -2.32. The number of hydrogen-bond donors (Lipinski definition) is 2. The monoisotopic (exact) mass is 334 g/mol. The third-order valence-corrected chi connectivity index (χ3v) is 4.44. The van der Waals surface area contributed by atoms with E-state index in [1.807, 2.05) is 0 Å². The van der Waals surface area contributed by atoms with Crippen LogP contribution >= 0.6 is 15.9 Å². The summed E-state index contributed by atoms with van der Waals surface area (Å²) in [5.74, 6) is -1.67. The Morgan fingerprint density at radius 3 is 2.26 bits per heavy atom. The maximum atomic E-state index is 14.0. The molecule has 0 aromatic heterocycles. The Morgan fingerprint density at radius 2 is 1.68 bits per heavy atom. The summed E-state index contributed by atoms with van der Waals surface area (Å²) < 4.78 is 27.8. The fraction of sp³-hybridized carbons (Fsp3) is 0.571. The lowest BCUT2D eigenvalue weighted by molar-refractivity contribution is -0.0894. The van der Waals surface area contributed by atoms with Gasteiger partial charge in [0.05, 0.1) is 15.6 Å². The van der Waals surface area contributed by atoms with Crippen molar-refractivity contribution < 1.29 is 19.0 Å². The molecule has 2 rings (SSSR count). The van der Waals surface area contributed by atoms with E-state index < -0.39 is 28.9 Å². The first-order valence-electron chi connectivity index (χ1n) is 6.49. The van der Waals surface area contributed by atoms with E-state index in [-0.39, 0.29) is 4.47 Å². The second kappa shape index (κ2) is 5.85. The van der Waals surface area contributed by atoms with Gasteiger partial charge >= 0.3 is 0 Å². The van der Waals surface area contributed by atoms with Crippen LogP contribution in [0, 0.1) is 11.6 Å². The number of halogens is 3. The molecule has 1 unspecified atom stereocenters. The number of benzene rings is 1. The van der Waals surface area contributed by atoms with Crippen molar-refractivity contribution in [3.63, 3.8) is 0 Å². The van der Waals surface area contributed by atoms with Gasteiger partial charge in [0.15, 0.2) is 0 Å². The highest BCUT2D eigenvalue weighted by atomic mass is 79.9. The molecule has 1 atom stereocenters. The highest BCUT2D eigenvalue weighted by Gasteiger charge is 2.39. The second-order valence-electron chi connectivity index (χ2n) is 5.18. The predicted molar refractivity (Wildman–Crippen MR) is 71.7 cm³/mol. The minimum Gasteiger partial charge on any atom is -0.387 e. The molecule has 0 saturated heterocycles. The van der Waals surface area contributed by atoms with Crippen molar-refractivity contribution in [1.82, 2.24) is 0 Å². The molecule has 5 heteroatoms. The quantitative estimate of drug-likeness (QED) is 0.637. The van der Waals surface area contributed by atoms with Crippen LogP contribution in [0.5, 0.6) is 0 Å². The van der Waals surface area contributed by atoms with E-state index in [2.05, 4.69) is 15.9 Å². The van der Waals surface area contributed by atoms with Gasteiger partial charge in [0, 0.05) is 0 Å². The summed E-state index contributed by atoms with van der Waals surface area (Å²) in [6.07, 6.45) is 2.63. The van der Waals surface area contributed by atoms with E-state index in [0.717, 1.165) is 31.7 Å². The Balaban J connectivity index is 2.37. The molecule has 1 fully saturated rings. The van der Waals surface area contributed by atoms with E-state index in [4.69, 9.17) is 0 Å². The molecule has 0 heterocycles. The van der Waals surface area contributed by atoms with Gasteiger partial charge in [-0.3, -0.25) is 0 Å². The highest BCUT2D eigenvalue weighted by molar-refractivity contribution is 9.10. The Labute approximate surface area is 119 Å². The van der Waals surface area contributed by atoms with Crippen LogP contribution in [0.25, 0.3) is 0 Å². The van der Waals surface area contributed by atoms with Crippen molar-refractivity contribution in [2.45, 2.75) is 50.2 Å². The van der Waals surface area contributed by atoms with Crippen LogP contribution < -0.4 is 0 Å². The summed E-state index contributed by atoms with van der Waals surface area (Å²) in [5, 5.41) is 20.8. The number of hydrogen-bond acceptors (Lipinski definition) is 2. The first-order chi connectivity index (χ1) is 8.96. The maximum absolute atomic E-state index is 14.0. The summed E-state index contributed by atoms with van der Waals surface area (Å²) >= 11 is 2.97. The summed E-state index contributed by atoms with van der Waals surface area (Å²) in [6, 6.07) is 2.34. The molecule has 1 aromatic rings. The van der Waals surface area contributed by atoms with Crippen LogP contribution in [0.3, 0.4) is 0 Å². The van der Waals surface area contributed by atoms with Crippen LogP contribution in [-0.4, -0.2) is 15.8 Å². The van der Waals surface area contributed by atoms with Gasteiger partial charge in [-0.15, -0.1) is 0 Å². The lowest BCUT2D eigenvalue weighted by Crippen LogP contribution is -2.36. The van der Waals surface area contributed by atoms with Gasteiger partial charge in [0.25, 0.3) is 0 Å². The normalized spacial score (nSPS) is 20.9. The Morgan fingerprint density at radius 1 is 1.11 bits per heavy atom. The molecule has 1 aliphatic rings. The Kier molecular flexibility index (Phi) is 4.58. The minimum atomic E-state index is -1.54. The average molecular weight is 335 g/mol. The van der Waals surface area contributed by atoms with E-state index >= 15 is 0 Å². The van der Waals surface area contributed by atoms with E-state index in [1.165, 1.54) is 6.07 Å². The molecule has 0 amide bonds. The van der Waals surface area contributed by atoms with Gasteiger partial charge in [-0.05, 0) is 40.9 Å². The highest BCUT2D eigenvalue weighted by Crippen LogP contribution is 2.40. The zero-order valence-corrected chi connectivity index (χ0v) is 12.1. The Bertz CT molecular complexity index is 457. The van der Waals surface area contributed by atoms with E-state index in [0.29, 0.717) is 12.8 Å². The average Bonchev–Trinajstić information content (AvgIpc) is 2.60. The molecular formula is C14H17BrF2O2. The zero-order chi connectivity index (χ0) is 14.0. The van der Waals surface area contributed by atoms with Gasteiger partial charge in [-0.2, -0.15) is 0 Å². The molecule has 106 valence electrons. The molecule has 0 bridgehead atoms. The maximum Gasteiger partial charge on any atom is 0.146 e. The van der Waals surface area contributed by atoms with Crippen LogP contribution in [0.4, 0.5) is 8.78 Å². The molecule has 1 saturated carbocycles. The van der Waals surface area contributed by atoms with Crippen molar-refractivity contribution in [2.24, 2.45) is 0 Å². The first kappa shape index (κ1) is 14.9. The minimum absolute atomic E-state index is 0.0835. The fourth-order valence-electron chi connectivity index (χ4n) is 2.68. The van der Waals surface area contributed by atoms with Crippen molar-refractivity contribution >= 4 is 15.9 Å². The summed E-state index contributed by atoms with van der Waals surface area (Å²) in [6.45, 7) is 0. The summed E-state index contributed by atoms with van der Waals surface area (Å²) in [4.78, 5) is 0. The van der Waals surface area contributed by atoms with Gasteiger partial charge in [0.2, 0.25) is 0 Å². The lowest BCUT2D eigenvalue weighted by atomic mass is 9.84. The molecule has 19 heavy (non-hydrogen) atoms. The molecule has 1 aromatic carbocycles. The van der Waals surface area contributed by atoms with Gasteiger partial charge < -0.3 is 10.2 Å². The zero-order valence-electron chi connectivity index (χ0n) is 10.5. The van der Waals surface area contributed by atoms with Crippen LogP contribution in [0.1, 0.15) is 50.2 Å². The summed E-state index contributed by atoms with van der Waals surface area (Å²) in [7, 11) is 0. The number of aliphatic hydroxyl groups excluding tert-OH is 1. The van der Waals surface area contributed by atoms with Gasteiger partial charge in [-0.1, -0.05) is 25.7 Å². The molecule has 2 nitrogen and oxygen atoms in total. The fourth-order valence-corrected chi connectivity index (χ4v) is 3.02. The van der Waals surface area contributed by atoms with E-state index in [1.54, 1.807) is 0 Å². The third-order valence-electron chi connectivity index (χ3n) is 3.83. The van der Waals surface area contributed by atoms with Gasteiger partial charge in [0.1, 0.15) is 17.7 Å². The van der Waals surface area contributed by atoms with Crippen LogP contribution in [0.15, 0.2) is 16.6 Å². The number of aliphatic hydroxyl groups is 2. The smallest absolute Gasteiger partial charge is 0.146 e. The summed E-state index contributed by atoms with van der Waals surface area (Å²) in [5.41, 5.74) is -1.89. The molecule has 0 spiro atoms. The Hall–Kier alpha value is -0.520. The largest absolute Gasteiger partial charge is 0.387 e. The molecular weight excluding hydrogens is 318 g/mol.